The number of hydrogen-bond donors (Lipinski definition) is 0. The van der Waals surface area contributed by atoms with Gasteiger partial charge >= 0.3 is 0 Å². The topological polar surface area (TPSA) is 51.7 Å². The van der Waals surface area contributed by atoms with Crippen molar-refractivity contribution in [3.05, 3.63) is 79.0 Å². The number of nitrogens with zero attached hydrogens (tertiary/aromatic N) is 2. The minimum Gasteiger partial charge on any atom is -0.486 e. The Kier molecular flexibility index (Phi) is 4.93. The molecule has 3 aromatic carbocycles. The predicted octanol–water partition coefficient (Wildman–Crippen LogP) is 4.45. The minimum absolute atomic E-state index is 0.0229. The molecule has 1 aliphatic heterocycles. The lowest BCUT2D eigenvalue weighted by molar-refractivity contribution is -0.132. The minimum atomic E-state index is -0.0396. The Bertz CT molecular complexity index is 1200. The maximum Gasteiger partial charge on any atom is 0.260 e. The summed E-state index contributed by atoms with van der Waals surface area (Å²) in [6.07, 6.45) is 2.52. The van der Waals surface area contributed by atoms with E-state index in [0.29, 0.717) is 18.8 Å². The molecule has 2 heterocycles. The smallest absolute Gasteiger partial charge is 0.260 e. The monoisotopic (exact) mass is 398 g/mol. The molecule has 1 unspecified atom stereocenters. The van der Waals surface area contributed by atoms with Gasteiger partial charge in [-0.05, 0) is 35.0 Å². The van der Waals surface area contributed by atoms with Crippen LogP contribution >= 0.6 is 0 Å². The molecule has 5 heteroatoms. The SMILES string of the molecule is O=C(COc1ccc2ccccc2c1)N1CCC(Oc2cccc3cccnc23)C1. The Hall–Kier alpha value is -3.60. The summed E-state index contributed by atoms with van der Waals surface area (Å²) < 4.78 is 11.9. The molecule has 4 aromatic rings. The Labute approximate surface area is 174 Å². The number of fused-ring (bicyclic) bond motifs is 2. The summed E-state index contributed by atoms with van der Waals surface area (Å²) in [7, 11) is 0. The molecular weight excluding hydrogens is 376 g/mol. The molecule has 1 fully saturated rings. The van der Waals surface area contributed by atoms with Gasteiger partial charge in [0.1, 0.15) is 23.1 Å². The molecule has 5 nitrogen and oxygen atoms in total. The van der Waals surface area contributed by atoms with Crippen LogP contribution in [0.15, 0.2) is 79.0 Å². The molecule has 1 amide bonds. The van der Waals surface area contributed by atoms with Gasteiger partial charge in [0.25, 0.3) is 5.91 Å². The largest absolute Gasteiger partial charge is 0.486 e. The number of ether oxygens (including phenoxy) is 2. The first-order valence-corrected chi connectivity index (χ1v) is 10.2. The van der Waals surface area contributed by atoms with Crippen molar-refractivity contribution in [2.75, 3.05) is 19.7 Å². The highest BCUT2D eigenvalue weighted by atomic mass is 16.5. The first kappa shape index (κ1) is 18.4. The fourth-order valence-electron chi connectivity index (χ4n) is 3.90. The lowest BCUT2D eigenvalue weighted by atomic mass is 10.1. The molecule has 1 aromatic heterocycles. The molecule has 5 rings (SSSR count). The van der Waals surface area contributed by atoms with Crippen molar-refractivity contribution in [1.82, 2.24) is 9.88 Å². The third-order valence-corrected chi connectivity index (χ3v) is 5.47. The van der Waals surface area contributed by atoms with Crippen LogP contribution in [-0.4, -0.2) is 41.6 Å². The van der Waals surface area contributed by atoms with Crippen molar-refractivity contribution in [2.45, 2.75) is 12.5 Å². The third-order valence-electron chi connectivity index (χ3n) is 5.47. The number of carbonyl (C=O) groups excluding carboxylic acids is 1. The summed E-state index contributed by atoms with van der Waals surface area (Å²) >= 11 is 0. The standard InChI is InChI=1S/C25H22N2O3/c28-24(17-29-21-11-10-18-5-1-2-6-20(18)15-21)27-14-12-22(16-27)30-23-9-3-7-19-8-4-13-26-25(19)23/h1-11,13,15,22H,12,14,16-17H2. The van der Waals surface area contributed by atoms with Crippen LogP contribution in [0.1, 0.15) is 6.42 Å². The summed E-state index contributed by atoms with van der Waals surface area (Å²) in [5.74, 6) is 1.45. The van der Waals surface area contributed by atoms with Crippen molar-refractivity contribution >= 4 is 27.6 Å². The Morgan fingerprint density at radius 2 is 1.80 bits per heavy atom. The van der Waals surface area contributed by atoms with Crippen LogP contribution in [0.3, 0.4) is 0 Å². The highest BCUT2D eigenvalue weighted by molar-refractivity contribution is 5.85. The number of aromatic nitrogens is 1. The van der Waals surface area contributed by atoms with E-state index in [4.69, 9.17) is 9.47 Å². The number of benzene rings is 3. The van der Waals surface area contributed by atoms with Crippen LogP contribution in [0.2, 0.25) is 0 Å². The molecule has 30 heavy (non-hydrogen) atoms. The Balaban J connectivity index is 1.19. The van der Waals surface area contributed by atoms with Crippen molar-refractivity contribution in [3.8, 4) is 11.5 Å². The van der Waals surface area contributed by atoms with E-state index < -0.39 is 0 Å². The summed E-state index contributed by atoms with van der Waals surface area (Å²) in [6, 6.07) is 23.8. The van der Waals surface area contributed by atoms with Crippen molar-refractivity contribution in [1.29, 1.82) is 0 Å². The fourth-order valence-corrected chi connectivity index (χ4v) is 3.90. The van der Waals surface area contributed by atoms with Gasteiger partial charge in [0.05, 0.1) is 6.54 Å². The van der Waals surface area contributed by atoms with Crippen LogP contribution in [0, 0.1) is 0 Å². The van der Waals surface area contributed by atoms with Gasteiger partial charge < -0.3 is 14.4 Å². The summed E-state index contributed by atoms with van der Waals surface area (Å²) in [6.45, 7) is 1.26. The molecule has 1 aliphatic rings. The maximum absolute atomic E-state index is 12.6. The Morgan fingerprint density at radius 3 is 2.73 bits per heavy atom. The average molecular weight is 398 g/mol. The zero-order valence-electron chi connectivity index (χ0n) is 16.5. The Morgan fingerprint density at radius 1 is 0.967 bits per heavy atom. The normalized spacial score (nSPS) is 16.1. The van der Waals surface area contributed by atoms with Crippen LogP contribution in [-0.2, 0) is 4.79 Å². The second kappa shape index (κ2) is 8.03. The average Bonchev–Trinajstić information content (AvgIpc) is 3.26. The van der Waals surface area contributed by atoms with E-state index in [9.17, 15) is 4.79 Å². The van der Waals surface area contributed by atoms with E-state index in [1.165, 1.54) is 0 Å². The molecule has 0 bridgehead atoms. The van der Waals surface area contributed by atoms with Crippen molar-refractivity contribution in [2.24, 2.45) is 0 Å². The summed E-state index contributed by atoms with van der Waals surface area (Å²) in [5.41, 5.74) is 0.851. The second-order valence-corrected chi connectivity index (χ2v) is 7.50. The van der Waals surface area contributed by atoms with E-state index in [-0.39, 0.29) is 18.6 Å². The molecule has 1 atom stereocenters. The molecule has 0 N–H and O–H groups in total. The van der Waals surface area contributed by atoms with Crippen molar-refractivity contribution < 1.29 is 14.3 Å². The number of para-hydroxylation sites is 1. The van der Waals surface area contributed by atoms with Gasteiger partial charge in [0.2, 0.25) is 0 Å². The fraction of sp³-hybridized carbons (Fsp3) is 0.200. The van der Waals surface area contributed by atoms with Gasteiger partial charge in [-0.1, -0.05) is 48.5 Å². The van der Waals surface area contributed by atoms with Crippen molar-refractivity contribution in [3.63, 3.8) is 0 Å². The van der Waals surface area contributed by atoms with Crippen LogP contribution in [0.25, 0.3) is 21.7 Å². The highest BCUT2D eigenvalue weighted by Crippen LogP contribution is 2.26. The quantitative estimate of drug-likeness (QED) is 0.499. The van der Waals surface area contributed by atoms with Gasteiger partial charge in [0, 0.05) is 24.5 Å². The van der Waals surface area contributed by atoms with Crippen LogP contribution in [0.4, 0.5) is 0 Å². The second-order valence-electron chi connectivity index (χ2n) is 7.50. The zero-order valence-corrected chi connectivity index (χ0v) is 16.5. The number of hydrogen-bond acceptors (Lipinski definition) is 4. The number of rotatable bonds is 5. The first-order valence-electron chi connectivity index (χ1n) is 10.2. The highest BCUT2D eigenvalue weighted by Gasteiger charge is 2.28. The molecule has 0 aliphatic carbocycles. The van der Waals surface area contributed by atoms with E-state index >= 15 is 0 Å². The van der Waals surface area contributed by atoms with Gasteiger partial charge in [-0.25, -0.2) is 0 Å². The summed E-state index contributed by atoms with van der Waals surface area (Å²) in [5, 5.41) is 3.30. The number of amides is 1. The maximum atomic E-state index is 12.6. The van der Waals surface area contributed by atoms with Crippen LogP contribution < -0.4 is 9.47 Å². The number of likely N-dealkylation sites (tertiary alicyclic amines) is 1. The van der Waals surface area contributed by atoms with E-state index in [0.717, 1.165) is 33.8 Å². The molecule has 0 saturated carbocycles. The zero-order chi connectivity index (χ0) is 20.3. The molecule has 1 saturated heterocycles. The van der Waals surface area contributed by atoms with Gasteiger partial charge in [-0.3, -0.25) is 9.78 Å². The van der Waals surface area contributed by atoms with E-state index in [1.54, 1.807) is 6.20 Å². The first-order chi connectivity index (χ1) is 14.8. The van der Waals surface area contributed by atoms with Gasteiger partial charge in [0.15, 0.2) is 6.61 Å². The number of carbonyl (C=O) groups is 1. The molecule has 0 spiro atoms. The predicted molar refractivity (Wildman–Crippen MR) is 117 cm³/mol. The van der Waals surface area contributed by atoms with Gasteiger partial charge in [-0.15, -0.1) is 0 Å². The molecule has 0 radical (unpaired) electrons. The third kappa shape index (κ3) is 3.79. The summed E-state index contributed by atoms with van der Waals surface area (Å²) in [4.78, 5) is 18.9. The van der Waals surface area contributed by atoms with E-state index in [2.05, 4.69) is 11.1 Å². The number of pyridine rings is 1. The van der Waals surface area contributed by atoms with E-state index in [1.807, 2.05) is 71.6 Å². The van der Waals surface area contributed by atoms with Crippen LogP contribution in [0.5, 0.6) is 11.5 Å². The lowest BCUT2D eigenvalue weighted by Crippen LogP contribution is -2.34. The van der Waals surface area contributed by atoms with Gasteiger partial charge in [-0.2, -0.15) is 0 Å². The molecular formula is C25H22N2O3. The molecule has 150 valence electrons. The lowest BCUT2D eigenvalue weighted by Gasteiger charge is -2.18.